The van der Waals surface area contributed by atoms with E-state index in [-0.39, 0.29) is 5.41 Å². The molecule has 2 aromatic carbocycles. The van der Waals surface area contributed by atoms with Gasteiger partial charge >= 0.3 is 0 Å². The van der Waals surface area contributed by atoms with Gasteiger partial charge in [0.05, 0.1) is 0 Å². The van der Waals surface area contributed by atoms with E-state index >= 15 is 0 Å². The van der Waals surface area contributed by atoms with Crippen molar-refractivity contribution in [1.29, 1.82) is 0 Å². The second-order valence-corrected chi connectivity index (χ2v) is 7.04. The van der Waals surface area contributed by atoms with Gasteiger partial charge < -0.3 is 14.8 Å². The van der Waals surface area contributed by atoms with E-state index in [1.807, 2.05) is 25.2 Å². The van der Waals surface area contributed by atoms with Gasteiger partial charge in [0.2, 0.25) is 0 Å². The highest BCUT2D eigenvalue weighted by Crippen LogP contribution is 2.33. The quantitative estimate of drug-likeness (QED) is 0.761. The van der Waals surface area contributed by atoms with Crippen LogP contribution in [0, 0.1) is 6.92 Å². The maximum atomic E-state index is 6.08. The number of aryl methyl sites for hydroxylation is 1. The van der Waals surface area contributed by atoms with E-state index in [2.05, 4.69) is 57.3 Å². The van der Waals surface area contributed by atoms with Crippen LogP contribution in [0.4, 0.5) is 0 Å². The van der Waals surface area contributed by atoms with Gasteiger partial charge in [-0.25, -0.2) is 0 Å². The molecule has 0 fully saturated rings. The minimum Gasteiger partial charge on any atom is -0.490 e. The van der Waals surface area contributed by atoms with Crippen LogP contribution in [0.25, 0.3) is 0 Å². The van der Waals surface area contributed by atoms with Crippen molar-refractivity contribution in [2.24, 2.45) is 0 Å². The molecule has 0 aliphatic carbocycles. The van der Waals surface area contributed by atoms with Crippen LogP contribution in [0.1, 0.15) is 37.5 Å². The fourth-order valence-electron chi connectivity index (χ4n) is 2.71. The summed E-state index contributed by atoms with van der Waals surface area (Å²) in [5, 5.41) is 3.16. The molecule has 0 atom stereocenters. The number of hydrogen-bond donors (Lipinski definition) is 1. The SMILES string of the molecule is CNCc1ccccc1OCCOc1c(C)cccc1C(C)(C)C. The lowest BCUT2D eigenvalue weighted by atomic mass is 9.85. The molecule has 0 amide bonds. The van der Waals surface area contributed by atoms with Crippen molar-refractivity contribution in [2.45, 2.75) is 39.7 Å². The summed E-state index contributed by atoms with van der Waals surface area (Å²) in [6.07, 6.45) is 0. The molecule has 0 unspecified atom stereocenters. The molecule has 24 heavy (non-hydrogen) atoms. The first kappa shape index (κ1) is 18.3. The van der Waals surface area contributed by atoms with Crippen LogP contribution in [0.5, 0.6) is 11.5 Å². The van der Waals surface area contributed by atoms with E-state index in [9.17, 15) is 0 Å². The Morgan fingerprint density at radius 3 is 2.33 bits per heavy atom. The Morgan fingerprint density at radius 1 is 0.917 bits per heavy atom. The number of nitrogens with one attached hydrogen (secondary N) is 1. The normalized spacial score (nSPS) is 11.4. The van der Waals surface area contributed by atoms with Gasteiger partial charge in [0.15, 0.2) is 0 Å². The van der Waals surface area contributed by atoms with Gasteiger partial charge in [0.25, 0.3) is 0 Å². The average Bonchev–Trinajstić information content (AvgIpc) is 2.53. The molecule has 0 heterocycles. The summed E-state index contributed by atoms with van der Waals surface area (Å²) in [6, 6.07) is 14.4. The third kappa shape index (κ3) is 4.75. The molecule has 0 aromatic heterocycles. The van der Waals surface area contributed by atoms with E-state index in [1.54, 1.807) is 0 Å². The summed E-state index contributed by atoms with van der Waals surface area (Å²) in [5.41, 5.74) is 3.61. The molecule has 0 saturated heterocycles. The molecule has 2 aromatic rings. The van der Waals surface area contributed by atoms with Gasteiger partial charge in [-0.3, -0.25) is 0 Å². The van der Waals surface area contributed by atoms with Gasteiger partial charge in [0.1, 0.15) is 24.7 Å². The number of rotatable bonds is 7. The monoisotopic (exact) mass is 327 g/mol. The Morgan fingerprint density at radius 2 is 1.62 bits per heavy atom. The third-order valence-electron chi connectivity index (χ3n) is 3.95. The summed E-state index contributed by atoms with van der Waals surface area (Å²) in [5.74, 6) is 1.90. The Hall–Kier alpha value is -2.00. The van der Waals surface area contributed by atoms with Crippen molar-refractivity contribution < 1.29 is 9.47 Å². The zero-order chi connectivity index (χ0) is 17.6. The highest BCUT2D eigenvalue weighted by Gasteiger charge is 2.20. The highest BCUT2D eigenvalue weighted by atomic mass is 16.5. The van der Waals surface area contributed by atoms with E-state index in [1.165, 1.54) is 5.56 Å². The number of benzene rings is 2. The van der Waals surface area contributed by atoms with E-state index in [0.29, 0.717) is 13.2 Å². The zero-order valence-corrected chi connectivity index (χ0v) is 15.5. The van der Waals surface area contributed by atoms with Crippen molar-refractivity contribution in [2.75, 3.05) is 20.3 Å². The lowest BCUT2D eigenvalue weighted by Gasteiger charge is -2.24. The van der Waals surface area contributed by atoms with E-state index < -0.39 is 0 Å². The standard InChI is InChI=1S/C21H29NO2/c1-16-9-8-11-18(21(2,3)4)20(16)24-14-13-23-19-12-7-6-10-17(19)15-22-5/h6-12,22H,13-15H2,1-5H3. The highest BCUT2D eigenvalue weighted by molar-refractivity contribution is 5.44. The van der Waals surface area contributed by atoms with Crippen LogP contribution in [0.2, 0.25) is 0 Å². The fraction of sp³-hybridized carbons (Fsp3) is 0.429. The van der Waals surface area contributed by atoms with E-state index in [4.69, 9.17) is 9.47 Å². The largest absolute Gasteiger partial charge is 0.490 e. The first-order valence-electron chi connectivity index (χ1n) is 8.51. The van der Waals surface area contributed by atoms with Crippen molar-refractivity contribution in [3.8, 4) is 11.5 Å². The van der Waals surface area contributed by atoms with Crippen molar-refractivity contribution in [3.05, 3.63) is 59.2 Å². The van der Waals surface area contributed by atoms with Crippen molar-refractivity contribution >= 4 is 0 Å². The molecule has 0 aliphatic heterocycles. The lowest BCUT2D eigenvalue weighted by Crippen LogP contribution is -2.17. The molecule has 2 rings (SSSR count). The Labute approximate surface area is 146 Å². The average molecular weight is 327 g/mol. The smallest absolute Gasteiger partial charge is 0.126 e. The van der Waals surface area contributed by atoms with Crippen LogP contribution in [0.3, 0.4) is 0 Å². The topological polar surface area (TPSA) is 30.5 Å². The first-order valence-corrected chi connectivity index (χ1v) is 8.51. The molecule has 0 saturated carbocycles. The number of ether oxygens (including phenoxy) is 2. The third-order valence-corrected chi connectivity index (χ3v) is 3.95. The predicted molar refractivity (Wildman–Crippen MR) is 100 cm³/mol. The number of para-hydroxylation sites is 2. The fourth-order valence-corrected chi connectivity index (χ4v) is 2.71. The predicted octanol–water partition coefficient (Wildman–Crippen LogP) is 4.47. The molecular formula is C21H29NO2. The molecule has 3 heteroatoms. The van der Waals surface area contributed by atoms with Crippen LogP contribution in [-0.4, -0.2) is 20.3 Å². The summed E-state index contributed by atoms with van der Waals surface area (Å²) < 4.78 is 12.0. The molecular weight excluding hydrogens is 298 g/mol. The molecule has 0 radical (unpaired) electrons. The summed E-state index contributed by atoms with van der Waals surface area (Å²) >= 11 is 0. The second-order valence-electron chi connectivity index (χ2n) is 7.04. The molecule has 3 nitrogen and oxygen atoms in total. The minimum atomic E-state index is 0.0571. The lowest BCUT2D eigenvalue weighted by molar-refractivity contribution is 0.212. The van der Waals surface area contributed by atoms with Crippen molar-refractivity contribution in [1.82, 2.24) is 5.32 Å². The van der Waals surface area contributed by atoms with Crippen molar-refractivity contribution in [3.63, 3.8) is 0 Å². The maximum Gasteiger partial charge on any atom is 0.126 e. The Kier molecular flexibility index (Phi) is 6.27. The van der Waals surface area contributed by atoms with Gasteiger partial charge in [-0.05, 0) is 36.6 Å². The maximum absolute atomic E-state index is 6.08. The molecule has 130 valence electrons. The molecule has 1 N–H and O–H groups in total. The summed E-state index contributed by atoms with van der Waals surface area (Å²) in [4.78, 5) is 0. The number of hydrogen-bond acceptors (Lipinski definition) is 3. The van der Waals surface area contributed by atoms with Gasteiger partial charge in [-0.1, -0.05) is 57.2 Å². The Bertz CT molecular complexity index is 659. The van der Waals surface area contributed by atoms with E-state index in [0.717, 1.165) is 29.2 Å². The summed E-state index contributed by atoms with van der Waals surface area (Å²) in [7, 11) is 1.94. The van der Waals surface area contributed by atoms with Crippen LogP contribution < -0.4 is 14.8 Å². The van der Waals surface area contributed by atoms with Gasteiger partial charge in [0, 0.05) is 12.1 Å². The second kappa shape index (κ2) is 8.20. The summed E-state index contributed by atoms with van der Waals surface area (Å²) in [6.45, 7) is 10.6. The molecule has 0 spiro atoms. The van der Waals surface area contributed by atoms with Gasteiger partial charge in [-0.2, -0.15) is 0 Å². The Balaban J connectivity index is 1.99. The van der Waals surface area contributed by atoms with Gasteiger partial charge in [-0.15, -0.1) is 0 Å². The molecule has 0 aliphatic rings. The minimum absolute atomic E-state index is 0.0571. The van der Waals surface area contributed by atoms with Crippen LogP contribution in [0.15, 0.2) is 42.5 Å². The zero-order valence-electron chi connectivity index (χ0n) is 15.5. The van der Waals surface area contributed by atoms with Crippen LogP contribution in [-0.2, 0) is 12.0 Å². The first-order chi connectivity index (χ1) is 11.4. The molecule has 0 bridgehead atoms. The van der Waals surface area contributed by atoms with Crippen LogP contribution >= 0.6 is 0 Å².